The Bertz CT molecular complexity index is 1160. The van der Waals surface area contributed by atoms with Crippen LogP contribution in [-0.2, 0) is 0 Å². The van der Waals surface area contributed by atoms with E-state index in [9.17, 15) is 14.3 Å². The molecule has 8 nitrogen and oxygen atoms in total. The summed E-state index contributed by atoms with van der Waals surface area (Å²) in [4.78, 5) is 25.0. The van der Waals surface area contributed by atoms with E-state index in [4.69, 9.17) is 4.74 Å². The van der Waals surface area contributed by atoms with Crippen LogP contribution < -0.4 is 15.4 Å². The summed E-state index contributed by atoms with van der Waals surface area (Å²) in [7, 11) is 0. The molecular formula is C23H26FN5O3. The van der Waals surface area contributed by atoms with Crippen LogP contribution in [0, 0.1) is 18.7 Å². The minimum Gasteiger partial charge on any atom is -0.493 e. The molecule has 5 rings (SSSR count). The number of halogens is 1. The summed E-state index contributed by atoms with van der Waals surface area (Å²) in [6.07, 6.45) is 3.65. The third-order valence-corrected chi connectivity index (χ3v) is 6.13. The normalized spacial score (nSPS) is 21.0. The zero-order valence-electron chi connectivity index (χ0n) is 17.8. The van der Waals surface area contributed by atoms with Gasteiger partial charge in [-0.05, 0) is 56.8 Å². The van der Waals surface area contributed by atoms with Gasteiger partial charge in [0, 0.05) is 17.8 Å². The van der Waals surface area contributed by atoms with E-state index in [0.717, 1.165) is 19.4 Å². The second-order valence-corrected chi connectivity index (χ2v) is 8.61. The largest absolute Gasteiger partial charge is 0.493 e. The van der Waals surface area contributed by atoms with E-state index in [1.165, 1.54) is 18.5 Å². The second kappa shape index (κ2) is 8.48. The molecule has 2 aromatic heterocycles. The lowest BCUT2D eigenvalue weighted by Crippen LogP contribution is -2.52. The van der Waals surface area contributed by atoms with Crippen LogP contribution >= 0.6 is 0 Å². The van der Waals surface area contributed by atoms with Gasteiger partial charge in [0.05, 0.1) is 29.8 Å². The number of hydrogen-bond donors (Lipinski definition) is 4. The van der Waals surface area contributed by atoms with Gasteiger partial charge in [-0.3, -0.25) is 4.79 Å². The van der Waals surface area contributed by atoms with Crippen LogP contribution in [0.1, 0.15) is 35.3 Å². The van der Waals surface area contributed by atoms with Crippen LogP contribution in [-0.4, -0.2) is 57.8 Å². The van der Waals surface area contributed by atoms with Crippen molar-refractivity contribution in [1.29, 1.82) is 0 Å². The average Bonchev–Trinajstić information content (AvgIpc) is 3.54. The van der Waals surface area contributed by atoms with Crippen LogP contribution in [0.5, 0.6) is 5.75 Å². The number of fused-ring (bicyclic) bond motifs is 1. The van der Waals surface area contributed by atoms with Crippen molar-refractivity contribution in [2.45, 2.75) is 38.3 Å². The molecule has 4 N–H and O–H groups in total. The highest BCUT2D eigenvalue weighted by Gasteiger charge is 2.28. The maximum atomic E-state index is 14.2. The standard InChI is InChI=1S/C23H26FN5O3/c1-12-19(23(31)29-16-6-7-25-9-17(16)30)21-22(28-12)20(26-11-27-21)15-8-14(24)4-5-18(15)32-10-13-2-3-13/h4-5,8,11,13,16-17,25,28,30H,2-3,6-7,9-10H2,1H3,(H,29,31)/t16-,17-/m1/s1. The number of aryl methyl sites for hydroxylation is 1. The number of amides is 1. The zero-order chi connectivity index (χ0) is 22.2. The predicted molar refractivity (Wildman–Crippen MR) is 117 cm³/mol. The lowest BCUT2D eigenvalue weighted by molar-refractivity contribution is 0.0766. The number of aliphatic hydroxyl groups excluding tert-OH is 1. The fraction of sp³-hybridized carbons (Fsp3) is 0.435. The Hall–Kier alpha value is -3.04. The SMILES string of the molecule is Cc1[nH]c2c(-c3cc(F)ccc3OCC3CC3)ncnc2c1C(=O)N[C@@H]1CCNC[C@H]1O. The predicted octanol–water partition coefficient (Wildman–Crippen LogP) is 2.31. The summed E-state index contributed by atoms with van der Waals surface area (Å²) < 4.78 is 20.1. The third-order valence-electron chi connectivity index (χ3n) is 6.13. The first-order valence-corrected chi connectivity index (χ1v) is 11.0. The van der Waals surface area contributed by atoms with Gasteiger partial charge < -0.3 is 25.5 Å². The number of ether oxygens (including phenoxy) is 1. The minimum atomic E-state index is -0.651. The average molecular weight is 439 g/mol. The van der Waals surface area contributed by atoms with E-state index in [0.29, 0.717) is 64.8 Å². The summed E-state index contributed by atoms with van der Waals surface area (Å²) in [5.74, 6) is 0.390. The van der Waals surface area contributed by atoms with Gasteiger partial charge in [0.1, 0.15) is 29.1 Å². The van der Waals surface area contributed by atoms with Crippen molar-refractivity contribution in [2.75, 3.05) is 19.7 Å². The number of β-amino-alcohol motifs (C(OH)–C–C–N with tert-alkyl or cyclic N) is 1. The summed E-state index contributed by atoms with van der Waals surface area (Å²) in [5.41, 5.74) is 3.00. The van der Waals surface area contributed by atoms with Gasteiger partial charge in [-0.2, -0.15) is 0 Å². The van der Waals surface area contributed by atoms with Crippen molar-refractivity contribution in [2.24, 2.45) is 5.92 Å². The lowest BCUT2D eigenvalue weighted by Gasteiger charge is -2.29. The highest BCUT2D eigenvalue weighted by Crippen LogP contribution is 2.36. The number of aliphatic hydroxyl groups is 1. The molecule has 1 amide bonds. The van der Waals surface area contributed by atoms with Crippen LogP contribution in [0.15, 0.2) is 24.5 Å². The number of nitrogens with one attached hydrogen (secondary N) is 3. The Labute approximate surface area is 184 Å². The van der Waals surface area contributed by atoms with E-state index in [2.05, 4.69) is 25.6 Å². The second-order valence-electron chi connectivity index (χ2n) is 8.61. The van der Waals surface area contributed by atoms with Crippen LogP contribution in [0.3, 0.4) is 0 Å². The Morgan fingerprint density at radius 1 is 1.31 bits per heavy atom. The first-order valence-electron chi connectivity index (χ1n) is 11.0. The third kappa shape index (κ3) is 4.05. The maximum absolute atomic E-state index is 14.2. The first-order chi connectivity index (χ1) is 15.5. The monoisotopic (exact) mass is 439 g/mol. The number of aromatic amines is 1. The van der Waals surface area contributed by atoms with E-state index in [1.54, 1.807) is 13.0 Å². The van der Waals surface area contributed by atoms with E-state index < -0.39 is 11.9 Å². The number of H-pyrrole nitrogens is 1. The maximum Gasteiger partial charge on any atom is 0.255 e. The fourth-order valence-electron chi connectivity index (χ4n) is 4.16. The molecule has 2 atom stereocenters. The smallest absolute Gasteiger partial charge is 0.255 e. The lowest BCUT2D eigenvalue weighted by atomic mass is 10.0. The zero-order valence-corrected chi connectivity index (χ0v) is 17.8. The molecule has 9 heteroatoms. The molecule has 32 heavy (non-hydrogen) atoms. The highest BCUT2D eigenvalue weighted by atomic mass is 19.1. The van der Waals surface area contributed by atoms with Gasteiger partial charge in [0.15, 0.2) is 0 Å². The Balaban J connectivity index is 1.51. The molecule has 1 saturated heterocycles. The van der Waals surface area contributed by atoms with Crippen molar-refractivity contribution in [3.63, 3.8) is 0 Å². The van der Waals surface area contributed by atoms with E-state index in [1.807, 2.05) is 0 Å². The molecule has 3 heterocycles. The van der Waals surface area contributed by atoms with Crippen LogP contribution in [0.4, 0.5) is 4.39 Å². The van der Waals surface area contributed by atoms with Crippen molar-refractivity contribution in [1.82, 2.24) is 25.6 Å². The summed E-state index contributed by atoms with van der Waals surface area (Å²) in [5, 5.41) is 16.2. The van der Waals surface area contributed by atoms with Crippen LogP contribution in [0.25, 0.3) is 22.3 Å². The van der Waals surface area contributed by atoms with Crippen LogP contribution in [0.2, 0.25) is 0 Å². The van der Waals surface area contributed by atoms with Gasteiger partial charge in [-0.25, -0.2) is 14.4 Å². The topological polar surface area (TPSA) is 112 Å². The molecular weight excluding hydrogens is 413 g/mol. The molecule has 1 saturated carbocycles. The van der Waals surface area contributed by atoms with E-state index in [-0.39, 0.29) is 11.9 Å². The quantitative estimate of drug-likeness (QED) is 0.469. The summed E-state index contributed by atoms with van der Waals surface area (Å²) >= 11 is 0. The molecule has 2 aliphatic rings. The number of benzene rings is 1. The summed E-state index contributed by atoms with van der Waals surface area (Å²) in [6.45, 7) is 3.54. The number of rotatable bonds is 6. The molecule has 0 spiro atoms. The molecule has 1 aromatic carbocycles. The molecule has 0 radical (unpaired) electrons. The molecule has 0 unspecified atom stereocenters. The molecule has 1 aliphatic carbocycles. The molecule has 168 valence electrons. The molecule has 1 aliphatic heterocycles. The number of carbonyl (C=O) groups is 1. The number of piperidine rings is 1. The van der Waals surface area contributed by atoms with Crippen molar-refractivity contribution in [3.8, 4) is 17.0 Å². The van der Waals surface area contributed by atoms with Gasteiger partial charge in [-0.1, -0.05) is 0 Å². The molecule has 3 aromatic rings. The number of hydrogen-bond acceptors (Lipinski definition) is 6. The van der Waals surface area contributed by atoms with Crippen molar-refractivity contribution in [3.05, 3.63) is 41.6 Å². The van der Waals surface area contributed by atoms with Gasteiger partial charge in [-0.15, -0.1) is 0 Å². The fourth-order valence-corrected chi connectivity index (χ4v) is 4.16. The first kappa shape index (κ1) is 20.8. The van der Waals surface area contributed by atoms with Gasteiger partial charge >= 0.3 is 0 Å². The van der Waals surface area contributed by atoms with Gasteiger partial charge in [0.25, 0.3) is 5.91 Å². The number of nitrogens with zero attached hydrogens (tertiary/aromatic N) is 2. The van der Waals surface area contributed by atoms with E-state index >= 15 is 0 Å². The Morgan fingerprint density at radius 3 is 2.94 bits per heavy atom. The molecule has 2 fully saturated rings. The summed E-state index contributed by atoms with van der Waals surface area (Å²) in [6, 6.07) is 4.04. The van der Waals surface area contributed by atoms with Crippen molar-refractivity contribution < 1.29 is 19.0 Å². The number of carbonyl (C=O) groups excluding carboxylic acids is 1. The number of aromatic nitrogens is 3. The molecule has 0 bridgehead atoms. The minimum absolute atomic E-state index is 0.311. The Morgan fingerprint density at radius 2 is 2.16 bits per heavy atom. The highest BCUT2D eigenvalue weighted by molar-refractivity contribution is 6.09. The Kier molecular flexibility index (Phi) is 5.52. The van der Waals surface area contributed by atoms with Crippen molar-refractivity contribution >= 4 is 16.9 Å². The van der Waals surface area contributed by atoms with Gasteiger partial charge in [0.2, 0.25) is 0 Å².